The third-order valence-corrected chi connectivity index (χ3v) is 8.22. The number of amides is 1. The van der Waals surface area contributed by atoms with Gasteiger partial charge in [0, 0.05) is 5.56 Å². The maximum absolute atomic E-state index is 13.7. The number of hydrogen-bond donors (Lipinski definition) is 1. The number of carbonyl (C=O) groups excluding carboxylic acids is 2. The topological polar surface area (TPSA) is 89.0 Å². The van der Waals surface area contributed by atoms with E-state index in [2.05, 4.69) is 27.7 Å². The van der Waals surface area contributed by atoms with Crippen LogP contribution in [-0.2, 0) is 15.0 Å². The minimum atomic E-state index is -0.865. The number of fused-ring (bicyclic) bond motifs is 1. The minimum absolute atomic E-state index is 0.0149. The zero-order valence-electron chi connectivity index (χ0n) is 23.9. The second-order valence-electron chi connectivity index (χ2n) is 11.1. The first-order valence-corrected chi connectivity index (χ1v) is 14.5. The fourth-order valence-corrected chi connectivity index (χ4v) is 5.88. The number of ketones is 1. The van der Waals surface area contributed by atoms with Crippen molar-refractivity contribution in [1.29, 1.82) is 0 Å². The number of nitrogens with zero attached hydrogens (tertiary/aromatic N) is 2. The fourth-order valence-electron chi connectivity index (χ4n) is 4.86. The molecule has 212 valence electrons. The fraction of sp³-hybridized carbons (Fsp3) is 0.303. The Morgan fingerprint density at radius 3 is 2.46 bits per heavy atom. The number of anilines is 1. The lowest BCUT2D eigenvalue weighted by Crippen LogP contribution is -2.29. The van der Waals surface area contributed by atoms with Crippen LogP contribution >= 0.6 is 11.3 Å². The Balaban J connectivity index is 1.65. The van der Waals surface area contributed by atoms with Crippen molar-refractivity contribution in [3.63, 3.8) is 0 Å². The number of carbonyl (C=O) groups is 2. The summed E-state index contributed by atoms with van der Waals surface area (Å²) < 4.78 is 12.0. The van der Waals surface area contributed by atoms with Gasteiger partial charge in [-0.3, -0.25) is 14.5 Å². The monoisotopic (exact) mass is 570 g/mol. The summed E-state index contributed by atoms with van der Waals surface area (Å²) in [4.78, 5) is 33.4. The Labute approximate surface area is 244 Å². The zero-order chi connectivity index (χ0) is 29.3. The first-order chi connectivity index (χ1) is 19.6. The van der Waals surface area contributed by atoms with Crippen molar-refractivity contribution in [1.82, 2.24) is 4.98 Å². The van der Waals surface area contributed by atoms with Gasteiger partial charge in [-0.25, -0.2) is 4.98 Å². The van der Waals surface area contributed by atoms with Crippen LogP contribution < -0.4 is 14.4 Å². The Bertz CT molecular complexity index is 1630. The molecule has 4 aromatic rings. The maximum atomic E-state index is 13.7. The van der Waals surface area contributed by atoms with Gasteiger partial charge in [-0.2, -0.15) is 0 Å². The third kappa shape index (κ3) is 5.57. The largest absolute Gasteiger partial charge is 0.507 e. The van der Waals surface area contributed by atoms with Crippen molar-refractivity contribution in [2.45, 2.75) is 52.0 Å². The molecule has 0 radical (unpaired) electrons. The van der Waals surface area contributed by atoms with Crippen LogP contribution in [0.1, 0.15) is 63.3 Å². The smallest absolute Gasteiger partial charge is 0.301 e. The van der Waals surface area contributed by atoms with E-state index in [0.717, 1.165) is 23.1 Å². The normalized spacial score (nSPS) is 16.9. The van der Waals surface area contributed by atoms with Gasteiger partial charge < -0.3 is 14.6 Å². The molecule has 41 heavy (non-hydrogen) atoms. The number of thiazole rings is 1. The van der Waals surface area contributed by atoms with Gasteiger partial charge in [0.1, 0.15) is 17.3 Å². The number of aliphatic hydroxyl groups excluding tert-OH is 1. The Morgan fingerprint density at radius 1 is 1.02 bits per heavy atom. The quantitative estimate of drug-likeness (QED) is 0.103. The maximum Gasteiger partial charge on any atom is 0.301 e. The van der Waals surface area contributed by atoms with Crippen LogP contribution in [0.5, 0.6) is 11.5 Å². The average molecular weight is 571 g/mol. The van der Waals surface area contributed by atoms with Gasteiger partial charge in [0.25, 0.3) is 5.78 Å². The van der Waals surface area contributed by atoms with Crippen LogP contribution in [0.3, 0.4) is 0 Å². The van der Waals surface area contributed by atoms with Gasteiger partial charge in [0.15, 0.2) is 5.13 Å². The number of Topliss-reactive ketones (excluding diaryl/α,β-unsaturated/α-hetero) is 1. The summed E-state index contributed by atoms with van der Waals surface area (Å²) in [6.07, 6.45) is 1.90. The van der Waals surface area contributed by atoms with Crippen molar-refractivity contribution in [3.8, 4) is 11.5 Å². The van der Waals surface area contributed by atoms with Crippen molar-refractivity contribution < 1.29 is 24.2 Å². The standard InChI is InChI=1S/C33H34N2O5S/c1-6-7-17-40-24-10-8-9-21(18-24)29(36)27-28(20-11-13-22(14-12-20)33(2,3)4)35(31(38)30(27)37)32-34-25-16-15-23(39-5)19-26(25)41-32/h8-16,18-19,28,36H,6-7,17H2,1-5H3. The molecular formula is C33H34N2O5S. The molecule has 3 aromatic carbocycles. The molecule has 0 bridgehead atoms. The lowest BCUT2D eigenvalue weighted by Gasteiger charge is -2.24. The second kappa shape index (κ2) is 11.4. The van der Waals surface area contributed by atoms with E-state index in [1.807, 2.05) is 42.5 Å². The van der Waals surface area contributed by atoms with Crippen LogP contribution in [-0.4, -0.2) is 35.5 Å². The molecule has 1 amide bonds. The molecule has 1 aromatic heterocycles. The molecule has 1 aliphatic heterocycles. The number of methoxy groups -OCH3 is 1. The number of rotatable bonds is 8. The minimum Gasteiger partial charge on any atom is -0.507 e. The van der Waals surface area contributed by atoms with Gasteiger partial charge >= 0.3 is 5.91 Å². The molecule has 0 aliphatic carbocycles. The van der Waals surface area contributed by atoms with E-state index in [0.29, 0.717) is 39.9 Å². The van der Waals surface area contributed by atoms with Crippen molar-refractivity contribution in [2.75, 3.05) is 18.6 Å². The van der Waals surface area contributed by atoms with E-state index in [9.17, 15) is 14.7 Å². The highest BCUT2D eigenvalue weighted by atomic mass is 32.1. The lowest BCUT2D eigenvalue weighted by atomic mass is 9.85. The van der Waals surface area contributed by atoms with Gasteiger partial charge in [-0.1, -0.05) is 81.9 Å². The highest BCUT2D eigenvalue weighted by Gasteiger charge is 2.48. The Morgan fingerprint density at radius 2 is 1.78 bits per heavy atom. The first-order valence-electron chi connectivity index (χ1n) is 13.7. The van der Waals surface area contributed by atoms with Crippen LogP contribution in [0.25, 0.3) is 16.0 Å². The molecular weight excluding hydrogens is 536 g/mol. The molecule has 2 heterocycles. The molecule has 0 spiro atoms. The Kier molecular flexibility index (Phi) is 7.87. The van der Waals surface area contributed by atoms with Gasteiger partial charge in [-0.05, 0) is 53.3 Å². The average Bonchev–Trinajstić information content (AvgIpc) is 3.50. The van der Waals surface area contributed by atoms with Crippen molar-refractivity contribution in [3.05, 3.63) is 89.0 Å². The summed E-state index contributed by atoms with van der Waals surface area (Å²) in [7, 11) is 1.59. The van der Waals surface area contributed by atoms with E-state index in [4.69, 9.17) is 14.5 Å². The number of hydrogen-bond acceptors (Lipinski definition) is 7. The number of benzene rings is 3. The van der Waals surface area contributed by atoms with Crippen LogP contribution in [0.2, 0.25) is 0 Å². The third-order valence-electron chi connectivity index (χ3n) is 7.20. The molecule has 1 aliphatic rings. The summed E-state index contributed by atoms with van der Waals surface area (Å²) in [6.45, 7) is 9.01. The molecule has 8 heteroatoms. The molecule has 7 nitrogen and oxygen atoms in total. The predicted octanol–water partition coefficient (Wildman–Crippen LogP) is 7.41. The Hall–Kier alpha value is -4.17. The van der Waals surface area contributed by atoms with Crippen molar-refractivity contribution >= 4 is 44.1 Å². The summed E-state index contributed by atoms with van der Waals surface area (Å²) in [5.74, 6) is -0.494. The summed E-state index contributed by atoms with van der Waals surface area (Å²) in [6, 6.07) is 19.4. The van der Waals surface area contributed by atoms with E-state index >= 15 is 0 Å². The van der Waals surface area contributed by atoms with E-state index in [-0.39, 0.29) is 16.7 Å². The predicted molar refractivity (Wildman–Crippen MR) is 163 cm³/mol. The molecule has 1 fully saturated rings. The number of aromatic nitrogens is 1. The summed E-state index contributed by atoms with van der Waals surface area (Å²) in [5, 5.41) is 12.0. The van der Waals surface area contributed by atoms with Crippen LogP contribution in [0.15, 0.2) is 72.3 Å². The SMILES string of the molecule is CCCCOc1cccc(C(O)=C2C(=O)C(=O)N(c3nc4ccc(OC)cc4s3)C2c2ccc(C(C)(C)C)cc2)c1. The lowest BCUT2D eigenvalue weighted by molar-refractivity contribution is -0.132. The van der Waals surface area contributed by atoms with E-state index < -0.39 is 17.7 Å². The molecule has 0 saturated carbocycles. The van der Waals surface area contributed by atoms with E-state index in [1.165, 1.54) is 16.2 Å². The van der Waals surface area contributed by atoms with Gasteiger partial charge in [-0.15, -0.1) is 0 Å². The second-order valence-corrected chi connectivity index (χ2v) is 12.1. The highest BCUT2D eigenvalue weighted by Crippen LogP contribution is 2.45. The van der Waals surface area contributed by atoms with Crippen LogP contribution in [0.4, 0.5) is 5.13 Å². The summed E-state index contributed by atoms with van der Waals surface area (Å²) in [5.41, 5.74) is 2.84. The molecule has 1 unspecified atom stereocenters. The molecule has 1 atom stereocenters. The van der Waals surface area contributed by atoms with Crippen molar-refractivity contribution in [2.24, 2.45) is 0 Å². The zero-order valence-corrected chi connectivity index (χ0v) is 24.7. The van der Waals surface area contributed by atoms with E-state index in [1.54, 1.807) is 31.4 Å². The molecule has 5 rings (SSSR count). The van der Waals surface area contributed by atoms with Gasteiger partial charge in [0.2, 0.25) is 0 Å². The number of aliphatic hydroxyl groups is 1. The first kappa shape index (κ1) is 28.4. The van der Waals surface area contributed by atoms with Gasteiger partial charge in [0.05, 0.1) is 35.5 Å². The highest BCUT2D eigenvalue weighted by molar-refractivity contribution is 7.22. The number of ether oxygens (including phenoxy) is 2. The summed E-state index contributed by atoms with van der Waals surface area (Å²) >= 11 is 1.30. The van der Waals surface area contributed by atoms with Crippen LogP contribution in [0, 0.1) is 0 Å². The number of unbranched alkanes of at least 4 members (excludes halogenated alkanes) is 1. The molecule has 1 N–H and O–H groups in total. The molecule has 1 saturated heterocycles.